The first-order valence-corrected chi connectivity index (χ1v) is 6.32. The van der Waals surface area contributed by atoms with Gasteiger partial charge >= 0.3 is 0 Å². The van der Waals surface area contributed by atoms with E-state index >= 15 is 0 Å². The average Bonchev–Trinajstić information content (AvgIpc) is 2.85. The van der Waals surface area contributed by atoms with Gasteiger partial charge in [-0.25, -0.2) is 0 Å². The lowest BCUT2D eigenvalue weighted by molar-refractivity contribution is -0.119. The number of nitrogens with one attached hydrogen (secondary N) is 1. The van der Waals surface area contributed by atoms with Gasteiger partial charge in [0, 0.05) is 26.8 Å². The van der Waals surface area contributed by atoms with Crippen LogP contribution in [0.25, 0.3) is 5.78 Å². The van der Waals surface area contributed by atoms with E-state index in [1.807, 2.05) is 0 Å². The molecule has 8 nitrogen and oxygen atoms in total. The lowest BCUT2D eigenvalue weighted by Crippen LogP contribution is -2.37. The summed E-state index contributed by atoms with van der Waals surface area (Å²) < 4.78 is 6.39. The summed E-state index contributed by atoms with van der Waals surface area (Å²) in [6.45, 7) is 1.11. The van der Waals surface area contributed by atoms with E-state index in [2.05, 4.69) is 20.4 Å². The molecule has 0 saturated heterocycles. The highest BCUT2D eigenvalue weighted by Gasteiger charge is 2.13. The highest BCUT2D eigenvalue weighted by molar-refractivity contribution is 6.29. The SMILES string of the molecule is COCCNC(=O)CN(C)c1cc(Cl)nc2ncnn12. The van der Waals surface area contributed by atoms with E-state index < -0.39 is 0 Å². The fourth-order valence-corrected chi connectivity index (χ4v) is 1.86. The Morgan fingerprint density at radius 1 is 1.60 bits per heavy atom. The van der Waals surface area contributed by atoms with Gasteiger partial charge < -0.3 is 15.0 Å². The molecule has 2 aromatic heterocycles. The van der Waals surface area contributed by atoms with Crippen LogP contribution in [0.5, 0.6) is 0 Å². The molecule has 0 aromatic carbocycles. The van der Waals surface area contributed by atoms with E-state index in [1.165, 1.54) is 10.8 Å². The molecule has 0 atom stereocenters. The molecule has 0 spiro atoms. The lowest BCUT2D eigenvalue weighted by atomic mass is 10.4. The minimum Gasteiger partial charge on any atom is -0.383 e. The molecule has 0 bridgehead atoms. The number of aromatic nitrogens is 4. The number of hydrogen-bond acceptors (Lipinski definition) is 6. The van der Waals surface area contributed by atoms with Crippen LogP contribution < -0.4 is 10.2 Å². The van der Waals surface area contributed by atoms with Crippen molar-refractivity contribution in [1.82, 2.24) is 24.9 Å². The normalized spacial score (nSPS) is 10.8. The fourth-order valence-electron chi connectivity index (χ4n) is 1.69. The lowest BCUT2D eigenvalue weighted by Gasteiger charge is -2.19. The number of methoxy groups -OCH3 is 1. The largest absolute Gasteiger partial charge is 0.383 e. The molecule has 0 fully saturated rings. The van der Waals surface area contributed by atoms with E-state index in [0.717, 1.165) is 0 Å². The van der Waals surface area contributed by atoms with Crippen molar-refractivity contribution in [3.05, 3.63) is 17.5 Å². The average molecular weight is 299 g/mol. The van der Waals surface area contributed by atoms with Crippen LogP contribution in [0.15, 0.2) is 12.4 Å². The Kier molecular flexibility index (Phi) is 4.70. The van der Waals surface area contributed by atoms with Crippen molar-refractivity contribution in [3.63, 3.8) is 0 Å². The number of halogens is 1. The molecular formula is C11H15ClN6O2. The maximum atomic E-state index is 11.8. The molecule has 2 heterocycles. The summed E-state index contributed by atoms with van der Waals surface area (Å²) in [5.74, 6) is 0.907. The molecule has 0 unspecified atom stereocenters. The van der Waals surface area contributed by atoms with E-state index in [4.69, 9.17) is 16.3 Å². The van der Waals surface area contributed by atoms with E-state index in [0.29, 0.717) is 29.9 Å². The zero-order valence-electron chi connectivity index (χ0n) is 11.2. The molecule has 9 heteroatoms. The van der Waals surface area contributed by atoms with Gasteiger partial charge in [0.25, 0.3) is 5.78 Å². The molecule has 108 valence electrons. The number of fused-ring (bicyclic) bond motifs is 1. The Bertz CT molecular complexity index is 602. The summed E-state index contributed by atoms with van der Waals surface area (Å²) in [5, 5.41) is 7.09. The molecule has 2 aromatic rings. The molecule has 1 amide bonds. The Labute approximate surface area is 120 Å². The van der Waals surface area contributed by atoms with Crippen LogP contribution in [-0.4, -0.2) is 59.3 Å². The van der Waals surface area contributed by atoms with Crippen molar-refractivity contribution >= 4 is 29.1 Å². The van der Waals surface area contributed by atoms with Crippen LogP contribution in [0.3, 0.4) is 0 Å². The van der Waals surface area contributed by atoms with Crippen molar-refractivity contribution in [1.29, 1.82) is 0 Å². The monoisotopic (exact) mass is 298 g/mol. The zero-order valence-corrected chi connectivity index (χ0v) is 12.0. The number of carbonyl (C=O) groups is 1. The third-order valence-corrected chi connectivity index (χ3v) is 2.80. The van der Waals surface area contributed by atoms with E-state index in [9.17, 15) is 4.79 Å². The molecule has 0 aliphatic carbocycles. The van der Waals surface area contributed by atoms with Gasteiger partial charge in [-0.05, 0) is 0 Å². The number of carbonyl (C=O) groups excluding carboxylic acids is 1. The first kappa shape index (κ1) is 14.5. The summed E-state index contributed by atoms with van der Waals surface area (Å²) in [7, 11) is 3.35. The second kappa shape index (κ2) is 6.49. The van der Waals surface area contributed by atoms with Crippen LogP contribution in [0.1, 0.15) is 0 Å². The van der Waals surface area contributed by atoms with Crippen molar-refractivity contribution in [3.8, 4) is 0 Å². The summed E-state index contributed by atoms with van der Waals surface area (Å²) in [5.41, 5.74) is 0. The highest BCUT2D eigenvalue weighted by Crippen LogP contribution is 2.17. The third-order valence-electron chi connectivity index (χ3n) is 2.60. The van der Waals surface area contributed by atoms with Gasteiger partial charge in [0.1, 0.15) is 17.3 Å². The molecule has 0 saturated carbocycles. The van der Waals surface area contributed by atoms with Gasteiger partial charge in [-0.15, -0.1) is 0 Å². The van der Waals surface area contributed by atoms with Crippen LogP contribution >= 0.6 is 11.6 Å². The molecular weight excluding hydrogens is 284 g/mol. The Balaban J connectivity index is 2.09. The smallest absolute Gasteiger partial charge is 0.255 e. The number of ether oxygens (including phenoxy) is 1. The van der Waals surface area contributed by atoms with Gasteiger partial charge in [-0.3, -0.25) is 4.79 Å². The predicted molar refractivity (Wildman–Crippen MR) is 73.9 cm³/mol. The number of hydrogen-bond donors (Lipinski definition) is 1. The summed E-state index contributed by atoms with van der Waals surface area (Å²) in [4.78, 5) is 21.5. The molecule has 0 aliphatic rings. The maximum Gasteiger partial charge on any atom is 0.255 e. The number of amides is 1. The minimum absolute atomic E-state index is 0.120. The van der Waals surface area contributed by atoms with Crippen LogP contribution in [0.2, 0.25) is 5.15 Å². The van der Waals surface area contributed by atoms with Gasteiger partial charge in [-0.2, -0.15) is 19.6 Å². The number of rotatable bonds is 6. The third kappa shape index (κ3) is 3.34. The van der Waals surface area contributed by atoms with Crippen molar-refractivity contribution in [2.24, 2.45) is 0 Å². The maximum absolute atomic E-state index is 11.8. The summed E-state index contributed by atoms with van der Waals surface area (Å²) in [6, 6.07) is 1.63. The number of anilines is 1. The Hall–Kier alpha value is -1.93. The number of nitrogens with zero attached hydrogens (tertiary/aromatic N) is 5. The first-order valence-electron chi connectivity index (χ1n) is 5.95. The summed E-state index contributed by atoms with van der Waals surface area (Å²) >= 11 is 5.93. The van der Waals surface area contributed by atoms with Crippen LogP contribution in [-0.2, 0) is 9.53 Å². The topological polar surface area (TPSA) is 84.6 Å². The molecule has 0 aliphatic heterocycles. The van der Waals surface area contributed by atoms with Crippen LogP contribution in [0, 0.1) is 0 Å². The van der Waals surface area contributed by atoms with Crippen molar-refractivity contribution < 1.29 is 9.53 Å². The molecule has 20 heavy (non-hydrogen) atoms. The molecule has 2 rings (SSSR count). The quantitative estimate of drug-likeness (QED) is 0.596. The molecule has 0 radical (unpaired) electrons. The van der Waals surface area contributed by atoms with Gasteiger partial charge in [0.15, 0.2) is 0 Å². The second-order valence-electron chi connectivity index (χ2n) is 4.11. The first-order chi connectivity index (χ1) is 9.61. The van der Waals surface area contributed by atoms with Crippen LogP contribution in [0.4, 0.5) is 5.82 Å². The minimum atomic E-state index is -0.120. The van der Waals surface area contributed by atoms with E-state index in [1.54, 1.807) is 25.1 Å². The van der Waals surface area contributed by atoms with Crippen molar-refractivity contribution in [2.45, 2.75) is 0 Å². The zero-order chi connectivity index (χ0) is 14.5. The fraction of sp³-hybridized carbons (Fsp3) is 0.455. The van der Waals surface area contributed by atoms with Crippen molar-refractivity contribution in [2.75, 3.05) is 38.8 Å². The van der Waals surface area contributed by atoms with Gasteiger partial charge in [0.05, 0.1) is 13.2 Å². The highest BCUT2D eigenvalue weighted by atomic mass is 35.5. The summed E-state index contributed by atoms with van der Waals surface area (Å²) in [6.07, 6.45) is 1.38. The van der Waals surface area contributed by atoms with Gasteiger partial charge in [0.2, 0.25) is 5.91 Å². The number of likely N-dealkylation sites (N-methyl/N-ethyl adjacent to an activating group) is 1. The second-order valence-corrected chi connectivity index (χ2v) is 4.49. The van der Waals surface area contributed by atoms with Gasteiger partial charge in [-0.1, -0.05) is 11.6 Å². The predicted octanol–water partition coefficient (Wildman–Crippen LogP) is -0.0235. The van der Waals surface area contributed by atoms with E-state index in [-0.39, 0.29) is 12.5 Å². The standard InChI is InChI=1S/C11H15ClN6O2/c1-17(6-9(19)13-3-4-20-2)10-5-8(12)16-11-14-7-15-18(10)11/h5,7H,3-4,6H2,1-2H3,(H,13,19). The Morgan fingerprint density at radius 3 is 3.15 bits per heavy atom. The Morgan fingerprint density at radius 2 is 2.40 bits per heavy atom. The molecule has 1 N–H and O–H groups in total.